The highest BCUT2D eigenvalue weighted by Gasteiger charge is 2.43. The maximum atomic E-state index is 13.3. The van der Waals surface area contributed by atoms with Crippen LogP contribution in [0.4, 0.5) is 14.5 Å². The lowest BCUT2D eigenvalue weighted by molar-refractivity contribution is 0.0753. The standard InChI is InChI=1S/C14H16F2N2O2/c15-10-3-8(12(17)4-11(10)16)14(20)18-5-7-1-2-13(19)9(7)6-18/h3-4,7,9,13,19H,1-2,5-6,17H2. The number of likely N-dealkylation sites (tertiary alicyclic amines) is 1. The number of hydrogen-bond donors (Lipinski definition) is 2. The number of aliphatic hydroxyl groups excluding tert-OH is 1. The summed E-state index contributed by atoms with van der Waals surface area (Å²) in [6.45, 7) is 0.988. The first kappa shape index (κ1) is 13.3. The number of nitrogen functional groups attached to an aromatic ring is 1. The number of aliphatic hydroxyl groups is 1. The van der Waals surface area contributed by atoms with Crippen LogP contribution in [0.5, 0.6) is 0 Å². The number of carbonyl (C=O) groups is 1. The molecule has 4 nitrogen and oxygen atoms in total. The molecule has 1 heterocycles. The van der Waals surface area contributed by atoms with Gasteiger partial charge in [-0.05, 0) is 24.8 Å². The molecular formula is C14H16F2N2O2. The zero-order chi connectivity index (χ0) is 14.4. The first-order valence-corrected chi connectivity index (χ1v) is 6.69. The zero-order valence-corrected chi connectivity index (χ0v) is 10.9. The van der Waals surface area contributed by atoms with Crippen molar-refractivity contribution >= 4 is 11.6 Å². The number of nitrogens with zero attached hydrogens (tertiary/aromatic N) is 1. The average molecular weight is 282 g/mol. The summed E-state index contributed by atoms with van der Waals surface area (Å²) in [5, 5.41) is 9.83. The molecule has 108 valence electrons. The van der Waals surface area contributed by atoms with Gasteiger partial charge in [0.1, 0.15) is 0 Å². The number of rotatable bonds is 1. The second-order valence-electron chi connectivity index (χ2n) is 5.63. The molecule has 2 fully saturated rings. The van der Waals surface area contributed by atoms with Crippen molar-refractivity contribution in [2.45, 2.75) is 18.9 Å². The minimum Gasteiger partial charge on any atom is -0.398 e. The molecule has 1 saturated carbocycles. The summed E-state index contributed by atoms with van der Waals surface area (Å²) in [5.41, 5.74) is 5.52. The number of halogens is 2. The molecule has 1 saturated heterocycles. The van der Waals surface area contributed by atoms with Crippen LogP contribution in [-0.4, -0.2) is 35.1 Å². The third-order valence-corrected chi connectivity index (χ3v) is 4.43. The number of nitrogens with two attached hydrogens (primary N) is 1. The summed E-state index contributed by atoms with van der Waals surface area (Å²) in [5.74, 6) is -2.16. The van der Waals surface area contributed by atoms with Crippen LogP contribution in [0.2, 0.25) is 0 Å². The number of anilines is 1. The lowest BCUT2D eigenvalue weighted by Crippen LogP contribution is -2.31. The van der Waals surface area contributed by atoms with E-state index in [4.69, 9.17) is 5.73 Å². The minimum atomic E-state index is -1.08. The maximum Gasteiger partial charge on any atom is 0.256 e. The Hall–Kier alpha value is -1.69. The molecule has 1 aromatic rings. The zero-order valence-electron chi connectivity index (χ0n) is 10.9. The highest BCUT2D eigenvalue weighted by molar-refractivity contribution is 5.99. The van der Waals surface area contributed by atoms with Crippen molar-refractivity contribution in [2.24, 2.45) is 11.8 Å². The van der Waals surface area contributed by atoms with Gasteiger partial charge in [-0.15, -0.1) is 0 Å². The summed E-state index contributed by atoms with van der Waals surface area (Å²) < 4.78 is 26.3. The van der Waals surface area contributed by atoms with E-state index in [1.165, 1.54) is 0 Å². The van der Waals surface area contributed by atoms with E-state index >= 15 is 0 Å². The van der Waals surface area contributed by atoms with Gasteiger partial charge in [0, 0.05) is 30.8 Å². The van der Waals surface area contributed by atoms with E-state index in [0.29, 0.717) is 19.0 Å². The van der Waals surface area contributed by atoms with Gasteiger partial charge >= 0.3 is 0 Å². The average Bonchev–Trinajstić information content (AvgIpc) is 2.96. The van der Waals surface area contributed by atoms with E-state index in [-0.39, 0.29) is 23.3 Å². The lowest BCUT2D eigenvalue weighted by atomic mass is 10.00. The van der Waals surface area contributed by atoms with Gasteiger partial charge in [-0.3, -0.25) is 4.79 Å². The third-order valence-electron chi connectivity index (χ3n) is 4.43. The van der Waals surface area contributed by atoms with Crippen molar-refractivity contribution in [1.29, 1.82) is 0 Å². The van der Waals surface area contributed by atoms with Crippen molar-refractivity contribution in [1.82, 2.24) is 4.90 Å². The molecular weight excluding hydrogens is 266 g/mol. The Kier molecular flexibility index (Phi) is 3.12. The second kappa shape index (κ2) is 4.70. The van der Waals surface area contributed by atoms with Gasteiger partial charge in [0.05, 0.1) is 11.7 Å². The van der Waals surface area contributed by atoms with Gasteiger partial charge in [0.2, 0.25) is 0 Å². The number of hydrogen-bond acceptors (Lipinski definition) is 3. The van der Waals surface area contributed by atoms with Crippen LogP contribution in [0.25, 0.3) is 0 Å². The molecule has 1 amide bonds. The van der Waals surface area contributed by atoms with Crippen LogP contribution < -0.4 is 5.73 Å². The molecule has 3 atom stereocenters. The smallest absolute Gasteiger partial charge is 0.256 e. The Bertz CT molecular complexity index is 564. The Morgan fingerprint density at radius 3 is 2.65 bits per heavy atom. The van der Waals surface area contributed by atoms with Crippen molar-refractivity contribution in [3.63, 3.8) is 0 Å². The van der Waals surface area contributed by atoms with E-state index < -0.39 is 17.5 Å². The molecule has 0 spiro atoms. The Morgan fingerprint density at radius 2 is 1.95 bits per heavy atom. The highest BCUT2D eigenvalue weighted by Crippen LogP contribution is 2.38. The molecule has 6 heteroatoms. The number of benzene rings is 1. The van der Waals surface area contributed by atoms with Crippen LogP contribution in [0.15, 0.2) is 12.1 Å². The molecule has 1 aliphatic heterocycles. The van der Waals surface area contributed by atoms with Crippen molar-refractivity contribution in [2.75, 3.05) is 18.8 Å². The van der Waals surface area contributed by atoms with Gasteiger partial charge in [-0.2, -0.15) is 0 Å². The van der Waals surface area contributed by atoms with Gasteiger partial charge in [0.25, 0.3) is 5.91 Å². The summed E-state index contributed by atoms with van der Waals surface area (Å²) in [7, 11) is 0. The number of amides is 1. The van der Waals surface area contributed by atoms with Crippen LogP contribution in [0.1, 0.15) is 23.2 Å². The van der Waals surface area contributed by atoms with Gasteiger partial charge in [-0.25, -0.2) is 8.78 Å². The van der Waals surface area contributed by atoms with Crippen LogP contribution in [0.3, 0.4) is 0 Å². The van der Waals surface area contributed by atoms with E-state index in [1.807, 2.05) is 0 Å². The number of carbonyl (C=O) groups excluding carboxylic acids is 1. The molecule has 2 aliphatic rings. The van der Waals surface area contributed by atoms with E-state index in [1.54, 1.807) is 4.90 Å². The van der Waals surface area contributed by atoms with E-state index in [9.17, 15) is 18.7 Å². The summed E-state index contributed by atoms with van der Waals surface area (Å²) >= 11 is 0. The summed E-state index contributed by atoms with van der Waals surface area (Å²) in [6, 6.07) is 1.67. The van der Waals surface area contributed by atoms with Crippen LogP contribution >= 0.6 is 0 Å². The van der Waals surface area contributed by atoms with E-state index in [0.717, 1.165) is 25.0 Å². The van der Waals surface area contributed by atoms with Gasteiger partial charge in [0.15, 0.2) is 11.6 Å². The fraction of sp³-hybridized carbons (Fsp3) is 0.500. The molecule has 3 rings (SSSR count). The highest BCUT2D eigenvalue weighted by atomic mass is 19.2. The fourth-order valence-electron chi connectivity index (χ4n) is 3.32. The Morgan fingerprint density at radius 1 is 1.25 bits per heavy atom. The van der Waals surface area contributed by atoms with Crippen molar-refractivity contribution in [3.8, 4) is 0 Å². The van der Waals surface area contributed by atoms with Crippen LogP contribution in [0, 0.1) is 23.5 Å². The van der Waals surface area contributed by atoms with Crippen molar-refractivity contribution < 1.29 is 18.7 Å². The molecule has 0 bridgehead atoms. The molecule has 1 aliphatic carbocycles. The van der Waals surface area contributed by atoms with E-state index in [2.05, 4.69) is 0 Å². The normalized spacial score (nSPS) is 28.8. The Balaban J connectivity index is 1.82. The fourth-order valence-corrected chi connectivity index (χ4v) is 3.32. The summed E-state index contributed by atoms with van der Waals surface area (Å²) in [6.07, 6.45) is 1.29. The SMILES string of the molecule is Nc1cc(F)c(F)cc1C(=O)N1CC2CCC(O)C2C1. The van der Waals surface area contributed by atoms with Gasteiger partial charge < -0.3 is 15.7 Å². The first-order chi connectivity index (χ1) is 9.47. The predicted molar refractivity (Wildman–Crippen MR) is 68.9 cm³/mol. The minimum absolute atomic E-state index is 0.0154. The third kappa shape index (κ3) is 2.04. The molecule has 0 radical (unpaired) electrons. The molecule has 0 aromatic heterocycles. The maximum absolute atomic E-state index is 13.3. The first-order valence-electron chi connectivity index (χ1n) is 6.69. The van der Waals surface area contributed by atoms with Crippen molar-refractivity contribution in [3.05, 3.63) is 29.3 Å². The Labute approximate surface area is 115 Å². The van der Waals surface area contributed by atoms with Gasteiger partial charge in [-0.1, -0.05) is 0 Å². The lowest BCUT2D eigenvalue weighted by Gasteiger charge is -2.19. The summed E-state index contributed by atoms with van der Waals surface area (Å²) in [4.78, 5) is 13.9. The quantitative estimate of drug-likeness (QED) is 0.765. The largest absolute Gasteiger partial charge is 0.398 e. The predicted octanol–water partition coefficient (Wildman–Crippen LogP) is 1.39. The second-order valence-corrected chi connectivity index (χ2v) is 5.63. The monoisotopic (exact) mass is 282 g/mol. The molecule has 20 heavy (non-hydrogen) atoms. The molecule has 1 aromatic carbocycles. The topological polar surface area (TPSA) is 66.6 Å². The van der Waals surface area contributed by atoms with Crippen LogP contribution in [-0.2, 0) is 0 Å². The molecule has 3 unspecified atom stereocenters. The molecule has 3 N–H and O–H groups in total. The number of fused-ring (bicyclic) bond motifs is 1.